The van der Waals surface area contributed by atoms with E-state index >= 15 is 0 Å². The van der Waals surface area contributed by atoms with E-state index in [4.69, 9.17) is 10.5 Å². The fourth-order valence-electron chi connectivity index (χ4n) is 2.56. The van der Waals surface area contributed by atoms with Crippen LogP contribution in [0.25, 0.3) is 5.65 Å². The highest BCUT2D eigenvalue weighted by Gasteiger charge is 2.39. The summed E-state index contributed by atoms with van der Waals surface area (Å²) in [5, 5.41) is 0. The highest BCUT2D eigenvalue weighted by molar-refractivity contribution is 5.94. The predicted molar refractivity (Wildman–Crippen MR) is 79.4 cm³/mol. The van der Waals surface area contributed by atoms with Gasteiger partial charge in [-0.15, -0.1) is 0 Å². The minimum Gasteiger partial charge on any atom is -0.367 e. The zero-order valence-corrected chi connectivity index (χ0v) is 12.6. The van der Waals surface area contributed by atoms with E-state index in [1.807, 2.05) is 29.7 Å². The minimum atomic E-state index is -1.15. The van der Waals surface area contributed by atoms with Crippen LogP contribution in [0, 0.1) is 6.92 Å². The van der Waals surface area contributed by atoms with Crippen LogP contribution in [0.2, 0.25) is 0 Å². The Hall–Kier alpha value is -2.41. The first-order chi connectivity index (χ1) is 10.4. The van der Waals surface area contributed by atoms with E-state index in [2.05, 4.69) is 4.98 Å². The molecule has 3 heterocycles. The number of nitrogens with zero attached hydrogens (tertiary/aromatic N) is 3. The van der Waals surface area contributed by atoms with Crippen LogP contribution in [0.5, 0.6) is 0 Å². The maximum Gasteiger partial charge on any atom is 0.274 e. The normalized spacial score (nSPS) is 22.0. The molecule has 1 saturated heterocycles. The summed E-state index contributed by atoms with van der Waals surface area (Å²) in [5.74, 6) is -0.798. The smallest absolute Gasteiger partial charge is 0.274 e. The molecule has 0 radical (unpaired) electrons. The number of aryl methyl sites for hydroxylation is 1. The van der Waals surface area contributed by atoms with Crippen molar-refractivity contribution in [3.63, 3.8) is 0 Å². The van der Waals surface area contributed by atoms with E-state index in [0.29, 0.717) is 17.9 Å². The van der Waals surface area contributed by atoms with Crippen LogP contribution in [0.15, 0.2) is 24.5 Å². The number of fused-ring (bicyclic) bond motifs is 1. The number of imidazole rings is 1. The standard InChI is InChI=1S/C15H18N4O3/c1-10-3-4-12-17-11(8-19(12)7-10)13(20)18-5-6-22-15(2,9-18)14(16)21/h3-4,7-8H,5-6,9H2,1-2H3,(H2,16,21)/t15-/m1/s1. The maximum absolute atomic E-state index is 12.6. The van der Waals surface area contributed by atoms with Gasteiger partial charge in [0, 0.05) is 18.9 Å². The fraction of sp³-hybridized carbons (Fsp3) is 0.400. The van der Waals surface area contributed by atoms with E-state index < -0.39 is 11.5 Å². The van der Waals surface area contributed by atoms with Gasteiger partial charge in [0.1, 0.15) is 11.3 Å². The number of aromatic nitrogens is 2. The summed E-state index contributed by atoms with van der Waals surface area (Å²) < 4.78 is 7.24. The van der Waals surface area contributed by atoms with Crippen LogP contribution in [-0.2, 0) is 9.53 Å². The molecule has 0 spiro atoms. The van der Waals surface area contributed by atoms with Gasteiger partial charge in [-0.3, -0.25) is 9.59 Å². The first-order valence-corrected chi connectivity index (χ1v) is 7.07. The zero-order valence-electron chi connectivity index (χ0n) is 12.6. The number of amides is 2. The predicted octanol–water partition coefficient (Wildman–Crippen LogP) is 0.359. The number of rotatable bonds is 2. The Morgan fingerprint density at radius 1 is 1.36 bits per heavy atom. The lowest BCUT2D eigenvalue weighted by Crippen LogP contribution is -2.58. The molecule has 3 rings (SSSR count). The third-order valence-corrected chi connectivity index (χ3v) is 3.90. The molecule has 1 atom stereocenters. The first kappa shape index (κ1) is 14.5. The highest BCUT2D eigenvalue weighted by atomic mass is 16.5. The van der Waals surface area contributed by atoms with Gasteiger partial charge in [0.15, 0.2) is 5.60 Å². The molecule has 7 heteroatoms. The summed E-state index contributed by atoms with van der Waals surface area (Å²) in [5.41, 5.74) is 6.34. The monoisotopic (exact) mass is 302 g/mol. The summed E-state index contributed by atoms with van der Waals surface area (Å²) in [4.78, 5) is 30.0. The topological polar surface area (TPSA) is 89.9 Å². The molecule has 0 aliphatic carbocycles. The number of carbonyl (C=O) groups excluding carboxylic acids is 2. The van der Waals surface area contributed by atoms with Crippen LogP contribution in [0.3, 0.4) is 0 Å². The Bertz CT molecular complexity index is 754. The Morgan fingerprint density at radius 3 is 2.86 bits per heavy atom. The molecule has 0 unspecified atom stereocenters. The van der Waals surface area contributed by atoms with Crippen molar-refractivity contribution in [1.82, 2.24) is 14.3 Å². The molecule has 1 aliphatic rings. The SMILES string of the molecule is Cc1ccc2nc(C(=O)N3CCO[C@@](C)(C(N)=O)C3)cn2c1. The third kappa shape index (κ3) is 2.43. The Labute approximate surface area is 127 Å². The van der Waals surface area contributed by atoms with Crippen LogP contribution >= 0.6 is 0 Å². The van der Waals surface area contributed by atoms with Crippen molar-refractivity contribution in [2.24, 2.45) is 5.73 Å². The number of pyridine rings is 1. The van der Waals surface area contributed by atoms with E-state index in [1.54, 1.807) is 18.0 Å². The number of ether oxygens (including phenoxy) is 1. The molecule has 2 N–H and O–H groups in total. The van der Waals surface area contributed by atoms with Crippen molar-refractivity contribution in [2.75, 3.05) is 19.7 Å². The minimum absolute atomic E-state index is 0.133. The molecule has 7 nitrogen and oxygen atoms in total. The van der Waals surface area contributed by atoms with Gasteiger partial charge < -0.3 is 19.8 Å². The summed E-state index contributed by atoms with van der Waals surface area (Å²) in [7, 11) is 0. The highest BCUT2D eigenvalue weighted by Crippen LogP contribution is 2.19. The Balaban J connectivity index is 1.87. The summed E-state index contributed by atoms with van der Waals surface area (Å²) >= 11 is 0. The lowest BCUT2D eigenvalue weighted by molar-refractivity contribution is -0.150. The summed E-state index contributed by atoms with van der Waals surface area (Å²) in [6.07, 6.45) is 3.60. The lowest BCUT2D eigenvalue weighted by atomic mass is 10.0. The molecule has 2 aromatic heterocycles. The van der Waals surface area contributed by atoms with Gasteiger partial charge in [-0.25, -0.2) is 4.98 Å². The summed E-state index contributed by atoms with van der Waals surface area (Å²) in [6, 6.07) is 3.80. The van der Waals surface area contributed by atoms with E-state index in [0.717, 1.165) is 5.56 Å². The second-order valence-electron chi connectivity index (χ2n) is 5.77. The van der Waals surface area contributed by atoms with Gasteiger partial charge in [-0.1, -0.05) is 6.07 Å². The van der Waals surface area contributed by atoms with Crippen molar-refractivity contribution in [3.05, 3.63) is 35.8 Å². The molecule has 1 aliphatic heterocycles. The fourth-order valence-corrected chi connectivity index (χ4v) is 2.56. The Morgan fingerprint density at radius 2 is 2.14 bits per heavy atom. The Kier molecular flexibility index (Phi) is 3.37. The second kappa shape index (κ2) is 5.10. The molecule has 22 heavy (non-hydrogen) atoms. The van der Waals surface area contributed by atoms with Crippen LogP contribution in [-0.4, -0.2) is 51.4 Å². The molecule has 0 saturated carbocycles. The van der Waals surface area contributed by atoms with Gasteiger partial charge >= 0.3 is 0 Å². The molecule has 2 amide bonds. The number of morpholine rings is 1. The van der Waals surface area contributed by atoms with Crippen LogP contribution in [0.1, 0.15) is 23.0 Å². The number of hydrogen-bond acceptors (Lipinski definition) is 4. The lowest BCUT2D eigenvalue weighted by Gasteiger charge is -2.37. The van der Waals surface area contributed by atoms with E-state index in [-0.39, 0.29) is 19.1 Å². The molecule has 116 valence electrons. The first-order valence-electron chi connectivity index (χ1n) is 7.07. The van der Waals surface area contributed by atoms with E-state index in [9.17, 15) is 9.59 Å². The number of carbonyl (C=O) groups is 2. The van der Waals surface area contributed by atoms with Gasteiger partial charge in [0.25, 0.3) is 11.8 Å². The van der Waals surface area contributed by atoms with Crippen molar-refractivity contribution >= 4 is 17.5 Å². The van der Waals surface area contributed by atoms with Gasteiger partial charge in [-0.05, 0) is 25.5 Å². The zero-order chi connectivity index (χ0) is 15.9. The number of hydrogen-bond donors (Lipinski definition) is 1. The maximum atomic E-state index is 12.6. The quantitative estimate of drug-likeness (QED) is 0.867. The second-order valence-corrected chi connectivity index (χ2v) is 5.77. The largest absolute Gasteiger partial charge is 0.367 e. The molecule has 0 aromatic carbocycles. The van der Waals surface area contributed by atoms with E-state index in [1.165, 1.54) is 0 Å². The van der Waals surface area contributed by atoms with Crippen molar-refractivity contribution in [3.8, 4) is 0 Å². The average Bonchev–Trinajstić information content (AvgIpc) is 2.89. The summed E-state index contributed by atoms with van der Waals surface area (Å²) in [6.45, 7) is 4.39. The van der Waals surface area contributed by atoms with Crippen molar-refractivity contribution in [1.29, 1.82) is 0 Å². The van der Waals surface area contributed by atoms with Gasteiger partial charge in [0.2, 0.25) is 0 Å². The van der Waals surface area contributed by atoms with Gasteiger partial charge in [0.05, 0.1) is 13.2 Å². The van der Waals surface area contributed by atoms with Crippen molar-refractivity contribution in [2.45, 2.75) is 19.4 Å². The molecule has 1 fully saturated rings. The number of primary amides is 1. The third-order valence-electron chi connectivity index (χ3n) is 3.90. The molecular formula is C15H18N4O3. The van der Waals surface area contributed by atoms with Crippen molar-refractivity contribution < 1.29 is 14.3 Å². The molecule has 2 aromatic rings. The average molecular weight is 302 g/mol. The molecular weight excluding hydrogens is 284 g/mol. The number of nitrogens with two attached hydrogens (primary N) is 1. The van der Waals surface area contributed by atoms with Crippen LogP contribution < -0.4 is 5.73 Å². The van der Waals surface area contributed by atoms with Crippen LogP contribution in [0.4, 0.5) is 0 Å². The molecule has 0 bridgehead atoms. The van der Waals surface area contributed by atoms with Gasteiger partial charge in [-0.2, -0.15) is 0 Å².